The number of hydrogen-bond acceptors (Lipinski definition) is 3. The minimum absolute atomic E-state index is 0.748. The number of nitrogens with zero attached hydrogens (tertiary/aromatic N) is 1. The van der Waals surface area contributed by atoms with Gasteiger partial charge in [-0.25, -0.2) is 4.98 Å². The van der Waals surface area contributed by atoms with E-state index in [1.165, 1.54) is 6.21 Å². The largest absolute Gasteiger partial charge is 0.373 e. The van der Waals surface area contributed by atoms with Gasteiger partial charge in [0.2, 0.25) is 0 Å². The number of pyridine rings is 1. The van der Waals surface area contributed by atoms with Crippen molar-refractivity contribution in [3.05, 3.63) is 23.9 Å². The zero-order valence-corrected chi connectivity index (χ0v) is 5.76. The summed E-state index contributed by atoms with van der Waals surface area (Å²) in [6, 6.07) is 3.65. The maximum Gasteiger partial charge on any atom is 0.134 e. The van der Waals surface area contributed by atoms with Crippen molar-refractivity contribution in [3.63, 3.8) is 0 Å². The molecule has 10 heavy (non-hydrogen) atoms. The van der Waals surface area contributed by atoms with E-state index in [4.69, 9.17) is 5.41 Å². The SMILES string of the molecule is CNc1ncccc1C=N. The van der Waals surface area contributed by atoms with E-state index in [-0.39, 0.29) is 0 Å². The molecule has 0 aliphatic carbocycles. The third kappa shape index (κ3) is 1.13. The number of nitrogens with one attached hydrogen (secondary N) is 2. The van der Waals surface area contributed by atoms with E-state index in [9.17, 15) is 0 Å². The van der Waals surface area contributed by atoms with Gasteiger partial charge in [-0.3, -0.25) is 0 Å². The van der Waals surface area contributed by atoms with Gasteiger partial charge in [0.25, 0.3) is 0 Å². The molecule has 0 amide bonds. The van der Waals surface area contributed by atoms with Crippen molar-refractivity contribution in [2.45, 2.75) is 0 Å². The highest BCUT2D eigenvalue weighted by atomic mass is 15.0. The Kier molecular flexibility index (Phi) is 1.99. The minimum atomic E-state index is 0.748. The fourth-order valence-electron chi connectivity index (χ4n) is 0.743. The summed E-state index contributed by atoms with van der Waals surface area (Å²) in [4.78, 5) is 4.01. The Hall–Kier alpha value is -1.38. The molecule has 52 valence electrons. The smallest absolute Gasteiger partial charge is 0.134 e. The summed E-state index contributed by atoms with van der Waals surface area (Å²) in [6.45, 7) is 0. The number of anilines is 1. The lowest BCUT2D eigenvalue weighted by Crippen LogP contribution is -1.96. The molecule has 0 aromatic carbocycles. The lowest BCUT2D eigenvalue weighted by molar-refractivity contribution is 1.28. The van der Waals surface area contributed by atoms with Crippen molar-refractivity contribution in [3.8, 4) is 0 Å². The maximum atomic E-state index is 6.98. The molecule has 3 nitrogen and oxygen atoms in total. The standard InChI is InChI=1S/C7H9N3/c1-9-7-6(5-8)3-2-4-10-7/h2-5,8H,1H3,(H,9,10). The first-order valence-electron chi connectivity index (χ1n) is 3.01. The third-order valence-electron chi connectivity index (χ3n) is 1.23. The predicted octanol–water partition coefficient (Wildman–Crippen LogP) is 1.12. The molecule has 2 N–H and O–H groups in total. The lowest BCUT2D eigenvalue weighted by atomic mass is 10.3. The molecule has 0 atom stereocenters. The molecule has 1 aromatic heterocycles. The average molecular weight is 135 g/mol. The number of rotatable bonds is 2. The molecule has 0 spiro atoms. The molecular weight excluding hydrogens is 126 g/mol. The van der Waals surface area contributed by atoms with Crippen molar-refractivity contribution >= 4 is 12.0 Å². The molecule has 0 aliphatic heterocycles. The van der Waals surface area contributed by atoms with Crippen LogP contribution in [0.1, 0.15) is 5.56 Å². The Morgan fingerprint density at radius 2 is 2.50 bits per heavy atom. The van der Waals surface area contributed by atoms with Crippen LogP contribution in [0.25, 0.3) is 0 Å². The quantitative estimate of drug-likeness (QED) is 0.597. The molecular formula is C7H9N3. The molecule has 1 aromatic rings. The summed E-state index contributed by atoms with van der Waals surface area (Å²) >= 11 is 0. The second-order valence-electron chi connectivity index (χ2n) is 1.84. The van der Waals surface area contributed by atoms with E-state index in [0.29, 0.717) is 0 Å². The third-order valence-corrected chi connectivity index (χ3v) is 1.23. The molecule has 0 unspecified atom stereocenters. The molecule has 0 fully saturated rings. The van der Waals surface area contributed by atoms with E-state index in [0.717, 1.165) is 11.4 Å². The van der Waals surface area contributed by atoms with Crippen molar-refractivity contribution in [1.29, 1.82) is 5.41 Å². The average Bonchev–Trinajstić information content (AvgIpc) is 2.04. The number of hydrogen-bond donors (Lipinski definition) is 2. The van der Waals surface area contributed by atoms with Gasteiger partial charge in [-0.1, -0.05) is 0 Å². The lowest BCUT2D eigenvalue weighted by Gasteiger charge is -2.00. The summed E-state index contributed by atoms with van der Waals surface area (Å²) < 4.78 is 0. The van der Waals surface area contributed by atoms with Crippen LogP contribution in [0.2, 0.25) is 0 Å². The van der Waals surface area contributed by atoms with E-state index in [1.54, 1.807) is 19.3 Å². The predicted molar refractivity (Wildman–Crippen MR) is 41.7 cm³/mol. The fraction of sp³-hybridized carbons (Fsp3) is 0.143. The topological polar surface area (TPSA) is 48.8 Å². The van der Waals surface area contributed by atoms with Crippen LogP contribution >= 0.6 is 0 Å². The molecule has 0 radical (unpaired) electrons. The van der Waals surface area contributed by atoms with Gasteiger partial charge in [-0.2, -0.15) is 0 Å². The van der Waals surface area contributed by atoms with Gasteiger partial charge in [-0.05, 0) is 12.1 Å². The van der Waals surface area contributed by atoms with Crippen LogP contribution in [0.15, 0.2) is 18.3 Å². The highest BCUT2D eigenvalue weighted by Gasteiger charge is 1.94. The zero-order chi connectivity index (χ0) is 7.40. The first kappa shape index (κ1) is 6.74. The van der Waals surface area contributed by atoms with Crippen LogP contribution in [0.5, 0.6) is 0 Å². The van der Waals surface area contributed by atoms with E-state index >= 15 is 0 Å². The van der Waals surface area contributed by atoms with Crippen LogP contribution in [0.3, 0.4) is 0 Å². The minimum Gasteiger partial charge on any atom is -0.373 e. The Morgan fingerprint density at radius 1 is 1.70 bits per heavy atom. The van der Waals surface area contributed by atoms with Crippen molar-refractivity contribution < 1.29 is 0 Å². The van der Waals surface area contributed by atoms with Gasteiger partial charge in [0, 0.05) is 25.0 Å². The summed E-state index contributed by atoms with van der Waals surface area (Å²) in [5.74, 6) is 0.748. The first-order valence-corrected chi connectivity index (χ1v) is 3.01. The Labute approximate surface area is 59.6 Å². The van der Waals surface area contributed by atoms with Gasteiger partial charge in [0.05, 0.1) is 0 Å². The van der Waals surface area contributed by atoms with Gasteiger partial charge in [0.1, 0.15) is 5.82 Å². The van der Waals surface area contributed by atoms with Crippen molar-refractivity contribution in [2.75, 3.05) is 12.4 Å². The first-order chi connectivity index (χ1) is 4.88. The maximum absolute atomic E-state index is 6.98. The van der Waals surface area contributed by atoms with Crippen LogP contribution in [-0.4, -0.2) is 18.2 Å². The molecule has 0 saturated heterocycles. The molecule has 1 rings (SSSR count). The second kappa shape index (κ2) is 2.96. The molecule has 0 aliphatic rings. The Balaban J connectivity index is 3.08. The molecule has 0 saturated carbocycles. The number of aromatic nitrogens is 1. The van der Waals surface area contributed by atoms with Crippen LogP contribution < -0.4 is 5.32 Å². The highest BCUT2D eigenvalue weighted by molar-refractivity contribution is 5.83. The zero-order valence-electron chi connectivity index (χ0n) is 5.76. The summed E-state index contributed by atoms with van der Waals surface area (Å²) in [5.41, 5.74) is 0.810. The van der Waals surface area contributed by atoms with Crippen LogP contribution in [0.4, 0.5) is 5.82 Å². The van der Waals surface area contributed by atoms with E-state index in [2.05, 4.69) is 10.3 Å². The van der Waals surface area contributed by atoms with Crippen molar-refractivity contribution in [1.82, 2.24) is 4.98 Å². The van der Waals surface area contributed by atoms with Crippen LogP contribution in [-0.2, 0) is 0 Å². The monoisotopic (exact) mass is 135 g/mol. The van der Waals surface area contributed by atoms with Gasteiger partial charge in [-0.15, -0.1) is 0 Å². The van der Waals surface area contributed by atoms with Gasteiger partial charge >= 0.3 is 0 Å². The van der Waals surface area contributed by atoms with Gasteiger partial charge < -0.3 is 10.7 Å². The van der Waals surface area contributed by atoms with Crippen molar-refractivity contribution in [2.24, 2.45) is 0 Å². The normalized spacial score (nSPS) is 8.90. The molecule has 0 bridgehead atoms. The Morgan fingerprint density at radius 3 is 3.00 bits per heavy atom. The Bertz CT molecular complexity index is 232. The molecule has 3 heteroatoms. The molecule has 1 heterocycles. The summed E-state index contributed by atoms with van der Waals surface area (Å²) in [7, 11) is 1.79. The van der Waals surface area contributed by atoms with Gasteiger partial charge in [0.15, 0.2) is 0 Å². The highest BCUT2D eigenvalue weighted by Crippen LogP contribution is 2.05. The fourth-order valence-corrected chi connectivity index (χ4v) is 0.743. The second-order valence-corrected chi connectivity index (χ2v) is 1.84. The van der Waals surface area contributed by atoms with Crippen LogP contribution in [0, 0.1) is 5.41 Å². The summed E-state index contributed by atoms with van der Waals surface area (Å²) in [5, 5.41) is 9.87. The summed E-state index contributed by atoms with van der Waals surface area (Å²) in [6.07, 6.45) is 2.97. The van der Waals surface area contributed by atoms with E-state index < -0.39 is 0 Å². The van der Waals surface area contributed by atoms with E-state index in [1.807, 2.05) is 6.07 Å².